The monoisotopic (exact) mass is 1090 g/mol. The van der Waals surface area contributed by atoms with Gasteiger partial charge in [0.05, 0.1) is 39.9 Å². The van der Waals surface area contributed by atoms with Crippen LogP contribution in [0.3, 0.4) is 0 Å². The molecule has 0 aliphatic rings. The smallest absolute Gasteiger partial charge is 0.387 e. The van der Waals surface area contributed by atoms with E-state index in [1.807, 2.05) is 27.2 Å². The van der Waals surface area contributed by atoms with Crippen LogP contribution in [0.25, 0.3) is 0 Å². The van der Waals surface area contributed by atoms with Gasteiger partial charge in [0.1, 0.15) is 13.2 Å². The SMILES string of the molecule is CC/C=C\C/C=C\C/C=C\C/C=C\C/C=C\C/C=C\C/C=C\C/C=C\C/C=C\CCCC(=O)NC(COP(=O)(O)OCC[N+](C)(C)C)C(O)/C=C/CC/C=C/CC/C=C/CCCCCCCCCCCCCCCCCC. The number of hydrogen-bond donors (Lipinski definition) is 3. The van der Waals surface area contributed by atoms with Crippen LogP contribution in [0.1, 0.15) is 226 Å². The average molecular weight is 1090 g/mol. The zero-order valence-electron chi connectivity index (χ0n) is 49.9. The van der Waals surface area contributed by atoms with Gasteiger partial charge in [-0.05, 0) is 109 Å². The molecule has 9 heteroatoms. The number of likely N-dealkylation sites (N-methyl/N-ethyl adjacent to an activating group) is 1. The highest BCUT2D eigenvalue weighted by Crippen LogP contribution is 2.43. The van der Waals surface area contributed by atoms with Crippen LogP contribution in [-0.4, -0.2) is 73.4 Å². The Morgan fingerprint density at radius 3 is 1.19 bits per heavy atom. The van der Waals surface area contributed by atoms with E-state index in [1.54, 1.807) is 6.08 Å². The third-order valence-corrected chi connectivity index (χ3v) is 13.8. The first-order valence-electron chi connectivity index (χ1n) is 30.7. The fraction of sp³-hybridized carbons (Fsp3) is 0.632. The minimum atomic E-state index is -4.39. The van der Waals surface area contributed by atoms with Crippen molar-refractivity contribution in [2.75, 3.05) is 40.9 Å². The Morgan fingerprint density at radius 2 is 0.792 bits per heavy atom. The van der Waals surface area contributed by atoms with Crippen LogP contribution in [0, 0.1) is 0 Å². The van der Waals surface area contributed by atoms with Gasteiger partial charge >= 0.3 is 7.82 Å². The second-order valence-electron chi connectivity index (χ2n) is 21.3. The molecule has 438 valence electrons. The number of nitrogens with one attached hydrogen (secondary N) is 1. The normalized spacial score (nSPS) is 14.8. The molecule has 0 radical (unpaired) electrons. The number of amides is 1. The van der Waals surface area contributed by atoms with Gasteiger partial charge in [0, 0.05) is 6.42 Å². The molecule has 0 aromatic heterocycles. The number of phosphoric acid groups is 1. The molecule has 0 saturated carbocycles. The molecule has 8 nitrogen and oxygen atoms in total. The zero-order valence-corrected chi connectivity index (χ0v) is 50.8. The number of nitrogens with zero attached hydrogens (tertiary/aromatic N) is 1. The maximum Gasteiger partial charge on any atom is 0.472 e. The highest BCUT2D eigenvalue weighted by atomic mass is 31.2. The van der Waals surface area contributed by atoms with Crippen LogP contribution in [0.4, 0.5) is 0 Å². The first kappa shape index (κ1) is 73.4. The summed E-state index contributed by atoms with van der Waals surface area (Å²) < 4.78 is 23.7. The van der Waals surface area contributed by atoms with Crippen LogP contribution >= 0.6 is 7.82 Å². The number of aliphatic hydroxyl groups excluding tert-OH is 1. The zero-order chi connectivity index (χ0) is 56.3. The summed E-state index contributed by atoms with van der Waals surface area (Å²) in [6, 6.07) is -0.914. The van der Waals surface area contributed by atoms with Crippen LogP contribution in [0.5, 0.6) is 0 Å². The summed E-state index contributed by atoms with van der Waals surface area (Å²) in [5.74, 6) is -0.254. The highest BCUT2D eigenvalue weighted by molar-refractivity contribution is 7.47. The highest BCUT2D eigenvalue weighted by Gasteiger charge is 2.27. The molecule has 0 aromatic carbocycles. The average Bonchev–Trinajstić information content (AvgIpc) is 3.39. The van der Waals surface area contributed by atoms with Crippen molar-refractivity contribution >= 4 is 13.7 Å². The van der Waals surface area contributed by atoms with Crippen molar-refractivity contribution in [3.63, 3.8) is 0 Å². The number of hydrogen-bond acceptors (Lipinski definition) is 5. The minimum Gasteiger partial charge on any atom is -0.387 e. The summed E-state index contributed by atoms with van der Waals surface area (Å²) in [6.07, 6.45) is 88.3. The maximum absolute atomic E-state index is 13.0. The van der Waals surface area contributed by atoms with Crippen molar-refractivity contribution < 1.29 is 32.9 Å². The van der Waals surface area contributed by atoms with E-state index in [2.05, 4.69) is 153 Å². The van der Waals surface area contributed by atoms with E-state index < -0.39 is 20.0 Å². The number of aliphatic hydroxyl groups is 1. The van der Waals surface area contributed by atoms with E-state index in [4.69, 9.17) is 9.05 Å². The molecule has 0 bridgehead atoms. The van der Waals surface area contributed by atoms with E-state index in [9.17, 15) is 19.4 Å². The molecule has 0 fully saturated rings. The van der Waals surface area contributed by atoms with Crippen molar-refractivity contribution in [2.24, 2.45) is 0 Å². The Morgan fingerprint density at radius 1 is 0.455 bits per heavy atom. The summed E-state index contributed by atoms with van der Waals surface area (Å²) in [5.41, 5.74) is 0. The van der Waals surface area contributed by atoms with Gasteiger partial charge < -0.3 is 19.8 Å². The van der Waals surface area contributed by atoms with Gasteiger partial charge in [-0.3, -0.25) is 13.8 Å². The predicted molar refractivity (Wildman–Crippen MR) is 336 cm³/mol. The van der Waals surface area contributed by atoms with Gasteiger partial charge in [-0.1, -0.05) is 256 Å². The summed E-state index contributed by atoms with van der Waals surface area (Å²) >= 11 is 0. The van der Waals surface area contributed by atoms with E-state index in [1.165, 1.54) is 109 Å². The molecule has 0 heterocycles. The van der Waals surface area contributed by atoms with E-state index in [0.29, 0.717) is 17.4 Å². The first-order chi connectivity index (χ1) is 37.5. The second kappa shape index (κ2) is 57.1. The summed E-state index contributed by atoms with van der Waals surface area (Å²) in [4.78, 5) is 23.3. The Bertz CT molecular complexity index is 1760. The largest absolute Gasteiger partial charge is 0.472 e. The molecule has 3 N–H and O–H groups in total. The predicted octanol–water partition coefficient (Wildman–Crippen LogP) is 19.3. The minimum absolute atomic E-state index is 0.0340. The number of rotatable bonds is 54. The Labute approximate surface area is 474 Å². The molecule has 0 aliphatic heterocycles. The fourth-order valence-electron chi connectivity index (χ4n) is 8.02. The summed E-state index contributed by atoms with van der Waals surface area (Å²) in [6.45, 7) is 4.62. The van der Waals surface area contributed by atoms with E-state index in [0.717, 1.165) is 89.9 Å². The van der Waals surface area contributed by atoms with E-state index >= 15 is 0 Å². The van der Waals surface area contributed by atoms with Gasteiger partial charge in [0.25, 0.3) is 0 Å². The number of phosphoric ester groups is 1. The molecule has 0 aliphatic carbocycles. The second-order valence-corrected chi connectivity index (χ2v) is 22.8. The number of carbonyl (C=O) groups is 1. The molecule has 0 saturated heterocycles. The van der Waals surface area contributed by atoms with Crippen LogP contribution < -0.4 is 5.32 Å². The lowest BCUT2D eigenvalue weighted by atomic mass is 10.0. The Hall–Kier alpha value is -3.62. The van der Waals surface area contributed by atoms with Crippen LogP contribution in [-0.2, 0) is 18.4 Å². The molecule has 3 atom stereocenters. The summed E-state index contributed by atoms with van der Waals surface area (Å²) in [5, 5.41) is 13.9. The Kier molecular flexibility index (Phi) is 54.4. The van der Waals surface area contributed by atoms with Gasteiger partial charge in [-0.2, -0.15) is 0 Å². The molecule has 1 amide bonds. The number of unbranched alkanes of at least 4 members (excludes halogenated alkanes) is 19. The van der Waals surface area contributed by atoms with Gasteiger partial charge in [0.2, 0.25) is 5.91 Å². The quantitative estimate of drug-likeness (QED) is 0.0243. The molecule has 77 heavy (non-hydrogen) atoms. The first-order valence-corrected chi connectivity index (χ1v) is 32.2. The van der Waals surface area contributed by atoms with Crippen molar-refractivity contribution in [1.29, 1.82) is 0 Å². The lowest BCUT2D eigenvalue weighted by Crippen LogP contribution is -2.45. The fourth-order valence-corrected chi connectivity index (χ4v) is 8.75. The molecule has 0 aromatic rings. The number of quaternary nitrogens is 1. The third-order valence-electron chi connectivity index (χ3n) is 12.8. The standard InChI is InChI=1S/C68H115N2O6P/c1-6-8-10-12-14-16-18-20-22-24-26-28-30-32-34-35-36-38-40-42-44-46-48-50-52-54-56-58-60-62-68(72)69-66(65-76-77(73,74)75-64-63-70(3,4)5)67(71)61-59-57-55-53-51-49-47-45-43-41-39-37-33-31-29-27-25-23-21-19-17-15-13-11-9-7-2/h8,10,14,16,20,22,26,28,32,34,36,38,42-45,48,50-51,53-54,56,59,61,66-67,71H,6-7,9,11-13,15,17-19,21,23-25,27,29-31,33,35,37,39-41,46-47,49,52,55,57-58,60,62-65H2,1-5H3,(H-,69,72,73,74)/p+1/b10-8-,16-14-,22-20-,28-26-,34-32-,38-36-,44-42-,45-43+,50-48-,53-51+,56-54-,61-59+. The van der Waals surface area contributed by atoms with Gasteiger partial charge in [-0.15, -0.1) is 0 Å². The number of allylic oxidation sites excluding steroid dienone is 23. The molecule has 0 rings (SSSR count). The van der Waals surface area contributed by atoms with E-state index in [-0.39, 0.29) is 25.5 Å². The number of carbonyl (C=O) groups excluding carboxylic acids is 1. The van der Waals surface area contributed by atoms with Crippen molar-refractivity contribution in [3.05, 3.63) is 146 Å². The van der Waals surface area contributed by atoms with Crippen molar-refractivity contribution in [2.45, 2.75) is 238 Å². The molecule has 0 spiro atoms. The lowest BCUT2D eigenvalue weighted by Gasteiger charge is -2.25. The van der Waals surface area contributed by atoms with Crippen molar-refractivity contribution in [1.82, 2.24) is 5.32 Å². The summed E-state index contributed by atoms with van der Waals surface area (Å²) in [7, 11) is 1.49. The molecular weight excluding hydrogens is 972 g/mol. The molecule has 3 unspecified atom stereocenters. The lowest BCUT2D eigenvalue weighted by molar-refractivity contribution is -0.870. The van der Waals surface area contributed by atoms with Gasteiger partial charge in [-0.25, -0.2) is 4.57 Å². The van der Waals surface area contributed by atoms with Crippen LogP contribution in [0.2, 0.25) is 0 Å². The van der Waals surface area contributed by atoms with Crippen LogP contribution in [0.15, 0.2) is 146 Å². The van der Waals surface area contributed by atoms with Crippen molar-refractivity contribution in [3.8, 4) is 0 Å². The van der Waals surface area contributed by atoms with Gasteiger partial charge in [0.15, 0.2) is 0 Å². The Balaban J connectivity index is 4.41. The maximum atomic E-state index is 13.0. The topological polar surface area (TPSA) is 105 Å². The molecular formula is C68H116N2O6P+. The third kappa shape index (κ3) is 59.9.